The van der Waals surface area contributed by atoms with Gasteiger partial charge in [0.15, 0.2) is 6.39 Å². The number of oxazole rings is 1. The van der Waals surface area contributed by atoms with Crippen molar-refractivity contribution in [1.29, 1.82) is 0 Å². The molecule has 31 heavy (non-hydrogen) atoms. The first-order valence-electron chi connectivity index (χ1n) is 10.7. The SMILES string of the molecule is COCCn1nc(-c2cocn2)c2c1CCN(S(=O)(=O)c1ccc3c(c1)CCCC3)C2. The molecule has 1 aromatic carbocycles. The molecular weight excluding hydrogens is 416 g/mol. The van der Waals surface area contributed by atoms with Crippen LogP contribution in [0, 0.1) is 0 Å². The molecule has 0 atom stereocenters. The lowest BCUT2D eigenvalue weighted by molar-refractivity contribution is 0.182. The Hall–Kier alpha value is -2.49. The van der Waals surface area contributed by atoms with E-state index in [1.807, 2.05) is 16.8 Å². The smallest absolute Gasteiger partial charge is 0.243 e. The molecule has 0 bridgehead atoms. The zero-order valence-corrected chi connectivity index (χ0v) is 18.4. The maximum absolute atomic E-state index is 13.5. The highest BCUT2D eigenvalue weighted by Crippen LogP contribution is 2.33. The van der Waals surface area contributed by atoms with Gasteiger partial charge in [0.2, 0.25) is 10.0 Å². The molecule has 0 saturated carbocycles. The van der Waals surface area contributed by atoms with Crippen molar-refractivity contribution in [2.24, 2.45) is 0 Å². The van der Waals surface area contributed by atoms with Gasteiger partial charge in [-0.1, -0.05) is 6.07 Å². The van der Waals surface area contributed by atoms with Gasteiger partial charge in [-0.25, -0.2) is 13.4 Å². The maximum Gasteiger partial charge on any atom is 0.243 e. The van der Waals surface area contributed by atoms with Crippen molar-refractivity contribution in [3.8, 4) is 11.4 Å². The van der Waals surface area contributed by atoms with Gasteiger partial charge in [-0.2, -0.15) is 9.40 Å². The molecule has 2 aromatic heterocycles. The predicted octanol–water partition coefficient (Wildman–Crippen LogP) is 2.81. The summed E-state index contributed by atoms with van der Waals surface area (Å²) in [5.74, 6) is 0. The van der Waals surface area contributed by atoms with E-state index in [1.54, 1.807) is 23.7 Å². The van der Waals surface area contributed by atoms with Crippen molar-refractivity contribution in [2.75, 3.05) is 20.3 Å². The topological polar surface area (TPSA) is 90.5 Å². The lowest BCUT2D eigenvalue weighted by Gasteiger charge is -2.28. The summed E-state index contributed by atoms with van der Waals surface area (Å²) in [7, 11) is -1.95. The van der Waals surface area contributed by atoms with Crippen molar-refractivity contribution in [3.05, 3.63) is 53.2 Å². The Labute approximate surface area is 181 Å². The van der Waals surface area contributed by atoms with Crippen LogP contribution in [0.25, 0.3) is 11.4 Å². The van der Waals surface area contributed by atoms with Gasteiger partial charge in [-0.3, -0.25) is 4.68 Å². The van der Waals surface area contributed by atoms with Crippen LogP contribution in [0.4, 0.5) is 0 Å². The number of rotatable bonds is 6. The first-order chi connectivity index (χ1) is 15.1. The Kier molecular flexibility index (Phi) is 5.41. The van der Waals surface area contributed by atoms with Gasteiger partial charge in [-0.15, -0.1) is 0 Å². The largest absolute Gasteiger partial charge is 0.451 e. The molecule has 0 fully saturated rings. The Morgan fingerprint density at radius 2 is 2.00 bits per heavy atom. The first kappa shape index (κ1) is 20.4. The molecule has 9 heteroatoms. The second-order valence-corrected chi connectivity index (χ2v) is 10.0. The maximum atomic E-state index is 13.5. The molecule has 5 rings (SSSR count). The Morgan fingerprint density at radius 3 is 2.77 bits per heavy atom. The van der Waals surface area contributed by atoms with Crippen molar-refractivity contribution >= 4 is 10.0 Å². The molecule has 164 valence electrons. The first-order valence-corrected chi connectivity index (χ1v) is 12.1. The number of fused-ring (bicyclic) bond motifs is 2. The van der Waals surface area contributed by atoms with E-state index in [-0.39, 0.29) is 6.54 Å². The highest BCUT2D eigenvalue weighted by molar-refractivity contribution is 7.89. The number of methoxy groups -OCH3 is 1. The molecule has 0 radical (unpaired) electrons. The van der Waals surface area contributed by atoms with E-state index in [0.717, 1.165) is 30.5 Å². The van der Waals surface area contributed by atoms with E-state index >= 15 is 0 Å². The third-order valence-electron chi connectivity index (χ3n) is 6.24. The standard InChI is InChI=1S/C22H26N4O4S/c1-29-11-10-26-21-8-9-25(13-19(21)22(24-26)20-14-30-15-23-20)31(27,28)18-7-6-16-4-2-3-5-17(16)12-18/h6-7,12,14-15H,2-5,8-11,13H2,1H3. The molecule has 3 aromatic rings. The zero-order chi connectivity index (χ0) is 21.4. The van der Waals surface area contributed by atoms with Gasteiger partial charge >= 0.3 is 0 Å². The number of sulfonamides is 1. The van der Waals surface area contributed by atoms with Crippen molar-refractivity contribution in [2.45, 2.75) is 50.1 Å². The van der Waals surface area contributed by atoms with Crippen LogP contribution in [0.15, 0.2) is 40.2 Å². The molecule has 2 aliphatic rings. The normalized spacial score (nSPS) is 16.8. The number of aromatic nitrogens is 3. The summed E-state index contributed by atoms with van der Waals surface area (Å²) in [5, 5.41) is 4.71. The second-order valence-electron chi connectivity index (χ2n) is 8.09. The molecule has 0 N–H and O–H groups in total. The van der Waals surface area contributed by atoms with Crippen LogP contribution in [0.2, 0.25) is 0 Å². The summed E-state index contributed by atoms with van der Waals surface area (Å²) in [4.78, 5) is 4.62. The van der Waals surface area contributed by atoms with Gasteiger partial charge < -0.3 is 9.15 Å². The molecule has 8 nitrogen and oxygen atoms in total. The Bertz CT molecular complexity index is 1180. The van der Waals surface area contributed by atoms with E-state index in [9.17, 15) is 8.42 Å². The summed E-state index contributed by atoms with van der Waals surface area (Å²) in [6, 6.07) is 5.62. The fourth-order valence-corrected chi connectivity index (χ4v) is 6.05. The van der Waals surface area contributed by atoms with Crippen LogP contribution in [-0.4, -0.2) is 47.7 Å². The summed E-state index contributed by atoms with van der Waals surface area (Å²) >= 11 is 0. The average Bonchev–Trinajstić information content (AvgIpc) is 3.45. The Morgan fingerprint density at radius 1 is 1.16 bits per heavy atom. The van der Waals surface area contributed by atoms with Gasteiger partial charge in [-0.05, 0) is 48.9 Å². The minimum absolute atomic E-state index is 0.268. The van der Waals surface area contributed by atoms with Crippen LogP contribution >= 0.6 is 0 Å². The fourth-order valence-electron chi connectivity index (χ4n) is 4.59. The van der Waals surface area contributed by atoms with E-state index in [4.69, 9.17) is 14.3 Å². The van der Waals surface area contributed by atoms with Gasteiger partial charge in [0.1, 0.15) is 17.7 Å². The third-order valence-corrected chi connectivity index (χ3v) is 8.08. The zero-order valence-electron chi connectivity index (χ0n) is 17.6. The van der Waals surface area contributed by atoms with Crippen LogP contribution in [0.3, 0.4) is 0 Å². The lowest BCUT2D eigenvalue weighted by atomic mass is 9.92. The monoisotopic (exact) mass is 442 g/mol. The quantitative estimate of drug-likeness (QED) is 0.583. The number of aryl methyl sites for hydroxylation is 2. The number of ether oxygens (including phenoxy) is 1. The molecule has 0 spiro atoms. The number of hydrogen-bond donors (Lipinski definition) is 0. The summed E-state index contributed by atoms with van der Waals surface area (Å²) in [5.41, 5.74) is 5.65. The average molecular weight is 443 g/mol. The van der Waals surface area contributed by atoms with E-state index in [2.05, 4.69) is 4.98 Å². The number of hydrogen-bond acceptors (Lipinski definition) is 6. The highest BCUT2D eigenvalue weighted by atomic mass is 32.2. The molecule has 3 heterocycles. The van der Waals surface area contributed by atoms with Gasteiger partial charge in [0.25, 0.3) is 0 Å². The van der Waals surface area contributed by atoms with Gasteiger partial charge in [0, 0.05) is 37.9 Å². The van der Waals surface area contributed by atoms with E-state index < -0.39 is 10.0 Å². The molecule has 1 aliphatic carbocycles. The Balaban J connectivity index is 1.49. The molecular formula is C22H26N4O4S. The van der Waals surface area contributed by atoms with Crippen LogP contribution < -0.4 is 0 Å². The minimum Gasteiger partial charge on any atom is -0.451 e. The number of nitrogens with zero attached hydrogens (tertiary/aromatic N) is 4. The molecule has 0 amide bonds. The summed E-state index contributed by atoms with van der Waals surface area (Å²) in [6.07, 6.45) is 7.77. The van der Waals surface area contributed by atoms with Crippen LogP contribution in [0.1, 0.15) is 35.2 Å². The van der Waals surface area contributed by atoms with Crippen LogP contribution in [-0.2, 0) is 47.1 Å². The molecule has 1 aliphatic heterocycles. The van der Waals surface area contributed by atoms with E-state index in [1.165, 1.54) is 23.9 Å². The van der Waals surface area contributed by atoms with Crippen molar-refractivity contribution < 1.29 is 17.6 Å². The fraction of sp³-hybridized carbons (Fsp3) is 0.455. The number of benzene rings is 1. The third kappa shape index (κ3) is 3.71. The summed E-state index contributed by atoms with van der Waals surface area (Å²) in [6.45, 7) is 1.82. The minimum atomic E-state index is -3.60. The second kappa shape index (κ2) is 8.22. The predicted molar refractivity (Wildman–Crippen MR) is 114 cm³/mol. The van der Waals surface area contributed by atoms with E-state index in [0.29, 0.717) is 42.4 Å². The van der Waals surface area contributed by atoms with Crippen molar-refractivity contribution in [1.82, 2.24) is 19.1 Å². The van der Waals surface area contributed by atoms with Crippen LogP contribution in [0.5, 0.6) is 0 Å². The molecule has 0 saturated heterocycles. The summed E-state index contributed by atoms with van der Waals surface area (Å²) < 4.78 is 40.8. The highest BCUT2D eigenvalue weighted by Gasteiger charge is 2.33. The van der Waals surface area contributed by atoms with Gasteiger partial charge in [0.05, 0.1) is 18.0 Å². The van der Waals surface area contributed by atoms with Crippen molar-refractivity contribution in [3.63, 3.8) is 0 Å². The molecule has 0 unspecified atom stereocenters. The lowest BCUT2D eigenvalue weighted by Crippen LogP contribution is -2.36.